The highest BCUT2D eigenvalue weighted by Gasteiger charge is 2.46. The van der Waals surface area contributed by atoms with Crippen LogP contribution < -0.4 is 4.90 Å². The first-order valence-corrected chi connectivity index (χ1v) is 11.8. The van der Waals surface area contributed by atoms with Crippen LogP contribution in [0.5, 0.6) is 0 Å². The van der Waals surface area contributed by atoms with Crippen LogP contribution in [0.25, 0.3) is 11.4 Å². The fourth-order valence-corrected chi connectivity index (χ4v) is 4.70. The van der Waals surface area contributed by atoms with E-state index in [1.807, 2.05) is 49.5 Å². The molecule has 1 aliphatic heterocycles. The lowest BCUT2D eigenvalue weighted by Gasteiger charge is -2.25. The number of fused-ring (bicyclic) bond motifs is 1. The molecule has 1 aromatic carbocycles. The molecule has 1 aliphatic rings. The molecule has 1 atom stereocenters. The summed E-state index contributed by atoms with van der Waals surface area (Å²) in [7, 11) is 4.10. The first-order valence-electron chi connectivity index (χ1n) is 11.0. The van der Waals surface area contributed by atoms with Crippen LogP contribution in [0.2, 0.25) is 0 Å². The monoisotopic (exact) mass is 511 g/mol. The fourth-order valence-electron chi connectivity index (χ4n) is 4.44. The average molecular weight is 512 g/mol. The highest BCUT2D eigenvalue weighted by molar-refractivity contribution is 9.10. The van der Waals surface area contributed by atoms with Crippen LogP contribution in [-0.4, -0.2) is 58.3 Å². The highest BCUT2D eigenvalue weighted by atomic mass is 79.9. The summed E-state index contributed by atoms with van der Waals surface area (Å²) in [5.74, 6) is -1.45. The molecule has 33 heavy (non-hydrogen) atoms. The number of rotatable bonds is 6. The van der Waals surface area contributed by atoms with Crippen molar-refractivity contribution in [3.63, 3.8) is 0 Å². The number of imidazole rings is 1. The van der Waals surface area contributed by atoms with Gasteiger partial charge in [-0.3, -0.25) is 14.0 Å². The van der Waals surface area contributed by atoms with E-state index < -0.39 is 17.7 Å². The van der Waals surface area contributed by atoms with E-state index in [4.69, 9.17) is 0 Å². The summed E-state index contributed by atoms with van der Waals surface area (Å²) in [6.45, 7) is 5.03. The summed E-state index contributed by atoms with van der Waals surface area (Å²) < 4.78 is 2.68. The van der Waals surface area contributed by atoms with Gasteiger partial charge in [0, 0.05) is 23.6 Å². The first-order chi connectivity index (χ1) is 15.7. The smallest absolute Gasteiger partial charge is 0.295 e. The minimum absolute atomic E-state index is 0.103. The molecule has 1 amide bonds. The Kier molecular flexibility index (Phi) is 6.41. The van der Waals surface area contributed by atoms with E-state index in [1.54, 1.807) is 16.2 Å². The number of Topliss-reactive ketones (excluding diaryl/α,β-unsaturated/α-hetero) is 1. The molecule has 7 nitrogen and oxygen atoms in total. The lowest BCUT2D eigenvalue weighted by molar-refractivity contribution is -0.858. The van der Waals surface area contributed by atoms with Gasteiger partial charge in [0.25, 0.3) is 11.7 Å². The Hall–Kier alpha value is -2.97. The Morgan fingerprint density at radius 3 is 2.52 bits per heavy atom. The van der Waals surface area contributed by atoms with Crippen LogP contribution >= 0.6 is 15.9 Å². The van der Waals surface area contributed by atoms with Crippen LogP contribution in [-0.2, 0) is 9.59 Å². The maximum Gasteiger partial charge on any atom is 0.295 e. The molecular formula is C25H28BrN4O3+. The Labute approximate surface area is 201 Å². The van der Waals surface area contributed by atoms with Crippen LogP contribution in [0.1, 0.15) is 35.0 Å². The number of nitrogens with one attached hydrogen (secondary N) is 1. The van der Waals surface area contributed by atoms with Crippen LogP contribution in [0.4, 0.5) is 0 Å². The van der Waals surface area contributed by atoms with Gasteiger partial charge < -0.3 is 14.9 Å². The molecule has 1 saturated heterocycles. The number of ketones is 1. The first kappa shape index (κ1) is 23.2. The van der Waals surface area contributed by atoms with Crippen molar-refractivity contribution in [3.8, 4) is 0 Å². The molecule has 2 aromatic heterocycles. The molecule has 0 radical (unpaired) electrons. The van der Waals surface area contributed by atoms with Gasteiger partial charge in [-0.1, -0.05) is 34.1 Å². The maximum atomic E-state index is 13.3. The normalized spacial score (nSPS) is 18.1. The number of aliphatic hydroxyl groups excluding tert-OH is 1. The van der Waals surface area contributed by atoms with Crippen molar-refractivity contribution in [2.45, 2.75) is 26.3 Å². The molecule has 1 unspecified atom stereocenters. The van der Waals surface area contributed by atoms with Gasteiger partial charge in [0.1, 0.15) is 11.3 Å². The van der Waals surface area contributed by atoms with Crippen molar-refractivity contribution in [1.82, 2.24) is 14.3 Å². The molecule has 172 valence electrons. The van der Waals surface area contributed by atoms with Gasteiger partial charge >= 0.3 is 0 Å². The second-order valence-corrected chi connectivity index (χ2v) is 9.70. The van der Waals surface area contributed by atoms with Crippen LogP contribution in [0, 0.1) is 13.8 Å². The molecule has 4 rings (SSSR count). The topological polar surface area (TPSA) is 79.3 Å². The molecule has 3 aromatic rings. The number of nitrogens with zero attached hydrogens (tertiary/aromatic N) is 3. The third kappa shape index (κ3) is 4.20. The highest BCUT2D eigenvalue weighted by Crippen LogP contribution is 2.40. The summed E-state index contributed by atoms with van der Waals surface area (Å²) in [6, 6.07) is 10.7. The number of halogens is 1. The molecule has 0 spiro atoms. The van der Waals surface area contributed by atoms with Crippen molar-refractivity contribution in [2.24, 2.45) is 0 Å². The average Bonchev–Trinajstić information content (AvgIpc) is 3.23. The summed E-state index contributed by atoms with van der Waals surface area (Å²) in [4.78, 5) is 33.8. The van der Waals surface area contributed by atoms with Gasteiger partial charge in [0.15, 0.2) is 5.76 Å². The lowest BCUT2D eigenvalue weighted by atomic mass is 9.96. The quantitative estimate of drug-likeness (QED) is 0.303. The van der Waals surface area contributed by atoms with E-state index in [-0.39, 0.29) is 11.3 Å². The largest absolute Gasteiger partial charge is 0.505 e. The van der Waals surface area contributed by atoms with Crippen molar-refractivity contribution in [3.05, 3.63) is 75.2 Å². The standard InChI is InChI=1S/C25H27BrN4O3/c1-15-7-5-13-29-20(16(2)27-24(15)29)22(31)19-21(17-8-10-18(26)11-9-17)30(25(33)23(19)32)14-6-12-28(3)4/h5,7-11,13,21,31H,6,12,14H2,1-4H3/p+1. The zero-order valence-electron chi connectivity index (χ0n) is 19.2. The zero-order valence-corrected chi connectivity index (χ0v) is 20.8. The van der Waals surface area contributed by atoms with Crippen molar-refractivity contribution in [1.29, 1.82) is 0 Å². The fraction of sp³-hybridized carbons (Fsp3) is 0.320. The minimum Gasteiger partial charge on any atom is -0.505 e. The van der Waals surface area contributed by atoms with E-state index in [9.17, 15) is 14.7 Å². The lowest BCUT2D eigenvalue weighted by Crippen LogP contribution is -3.05. The second-order valence-electron chi connectivity index (χ2n) is 8.79. The SMILES string of the molecule is Cc1nc2c(C)cccn2c1C(O)=C1C(=O)C(=O)N(CCC[NH+](C)C)C1c1ccc(Br)cc1. The van der Waals surface area contributed by atoms with Crippen molar-refractivity contribution < 1.29 is 19.6 Å². The number of quaternary nitrogens is 1. The van der Waals surface area contributed by atoms with E-state index in [2.05, 4.69) is 35.0 Å². The Balaban J connectivity index is 1.89. The van der Waals surface area contributed by atoms with Gasteiger partial charge in [-0.15, -0.1) is 0 Å². The van der Waals surface area contributed by atoms with Gasteiger partial charge in [-0.2, -0.15) is 0 Å². The number of aryl methyl sites for hydroxylation is 2. The number of benzene rings is 1. The summed E-state index contributed by atoms with van der Waals surface area (Å²) in [6.07, 6.45) is 2.55. The molecule has 2 N–H and O–H groups in total. The number of hydrogen-bond acceptors (Lipinski definition) is 4. The number of carbonyl (C=O) groups is 2. The predicted molar refractivity (Wildman–Crippen MR) is 130 cm³/mol. The van der Waals surface area contributed by atoms with Crippen molar-refractivity contribution >= 4 is 39.0 Å². The number of aromatic nitrogens is 2. The number of hydrogen-bond donors (Lipinski definition) is 2. The van der Waals surface area contributed by atoms with Crippen LogP contribution in [0.3, 0.4) is 0 Å². The van der Waals surface area contributed by atoms with Gasteiger partial charge in [0.05, 0.1) is 37.9 Å². The predicted octanol–water partition coefficient (Wildman–Crippen LogP) is 2.67. The Morgan fingerprint density at radius 2 is 1.85 bits per heavy atom. The van der Waals surface area contributed by atoms with E-state index in [0.29, 0.717) is 23.6 Å². The van der Waals surface area contributed by atoms with Gasteiger partial charge in [-0.05, 0) is 43.2 Å². The summed E-state index contributed by atoms with van der Waals surface area (Å²) in [5.41, 5.74) is 3.57. The number of carbonyl (C=O) groups excluding carboxylic acids is 2. The molecule has 1 fully saturated rings. The number of likely N-dealkylation sites (tertiary alicyclic amines) is 1. The third-order valence-electron chi connectivity index (χ3n) is 6.05. The zero-order chi connectivity index (χ0) is 23.9. The van der Waals surface area contributed by atoms with E-state index in [1.165, 1.54) is 4.90 Å². The van der Waals surface area contributed by atoms with E-state index >= 15 is 0 Å². The molecular weight excluding hydrogens is 484 g/mol. The summed E-state index contributed by atoms with van der Waals surface area (Å²) >= 11 is 3.45. The van der Waals surface area contributed by atoms with Gasteiger partial charge in [0.2, 0.25) is 0 Å². The molecule has 0 aliphatic carbocycles. The molecule has 8 heteroatoms. The molecule has 0 bridgehead atoms. The Morgan fingerprint density at radius 1 is 1.15 bits per heavy atom. The minimum atomic E-state index is -0.667. The summed E-state index contributed by atoms with van der Waals surface area (Å²) in [5, 5.41) is 11.5. The second kappa shape index (κ2) is 9.11. The van der Waals surface area contributed by atoms with Crippen molar-refractivity contribution in [2.75, 3.05) is 27.2 Å². The number of pyridine rings is 1. The van der Waals surface area contributed by atoms with Gasteiger partial charge in [-0.25, -0.2) is 4.98 Å². The van der Waals surface area contributed by atoms with Crippen LogP contribution in [0.15, 0.2) is 52.6 Å². The van der Waals surface area contributed by atoms with E-state index in [0.717, 1.165) is 28.6 Å². The number of aliphatic hydroxyl groups is 1. The number of amides is 1. The third-order valence-corrected chi connectivity index (χ3v) is 6.57. The molecule has 3 heterocycles. The Bertz CT molecular complexity index is 1260. The molecule has 0 saturated carbocycles. The maximum absolute atomic E-state index is 13.3.